The summed E-state index contributed by atoms with van der Waals surface area (Å²) in [6, 6.07) is 6.07. The van der Waals surface area contributed by atoms with Gasteiger partial charge in [0, 0.05) is 23.4 Å². The molecule has 0 aliphatic heterocycles. The fourth-order valence-electron chi connectivity index (χ4n) is 1.91. The predicted molar refractivity (Wildman–Crippen MR) is 70.1 cm³/mol. The topological polar surface area (TPSA) is 79.9 Å². The minimum atomic E-state index is -1.07. The minimum Gasteiger partial charge on any atom is -0.508 e. The number of aliphatic hydroxyl groups excluding tert-OH is 1. The van der Waals surface area contributed by atoms with Crippen molar-refractivity contribution in [3.05, 3.63) is 40.2 Å². The molecule has 0 aliphatic rings. The molecule has 0 bridgehead atoms. The van der Waals surface area contributed by atoms with Crippen molar-refractivity contribution >= 4 is 11.0 Å². The van der Waals surface area contributed by atoms with Crippen molar-refractivity contribution in [3.8, 4) is 5.75 Å². The van der Waals surface area contributed by atoms with Crippen LogP contribution in [0.2, 0.25) is 0 Å². The molecule has 1 aromatic carbocycles. The average Bonchev–Trinajstić information content (AvgIpc) is 2.32. The van der Waals surface area contributed by atoms with E-state index < -0.39 is 11.9 Å². The second-order valence-corrected chi connectivity index (χ2v) is 4.58. The van der Waals surface area contributed by atoms with Gasteiger partial charge >= 0.3 is 5.63 Å². The van der Waals surface area contributed by atoms with Gasteiger partial charge in [0.1, 0.15) is 11.3 Å². The van der Waals surface area contributed by atoms with Crippen LogP contribution in [0.4, 0.5) is 0 Å². The van der Waals surface area contributed by atoms with Gasteiger partial charge in [0.05, 0.1) is 6.10 Å². The van der Waals surface area contributed by atoms with Crippen LogP contribution >= 0.6 is 0 Å². The Hall–Kier alpha value is -1.85. The summed E-state index contributed by atoms with van der Waals surface area (Å²) >= 11 is 0. The average molecular weight is 264 g/mol. The fourth-order valence-corrected chi connectivity index (χ4v) is 1.91. The number of hydrogen-bond donors (Lipinski definition) is 2. The third kappa shape index (κ3) is 3.13. The van der Waals surface area contributed by atoms with E-state index in [1.807, 2.05) is 0 Å². The lowest BCUT2D eigenvalue weighted by Crippen LogP contribution is -2.20. The van der Waals surface area contributed by atoms with E-state index in [1.165, 1.54) is 12.1 Å². The Morgan fingerprint density at radius 2 is 1.95 bits per heavy atom. The van der Waals surface area contributed by atoms with Crippen LogP contribution in [0.1, 0.15) is 19.4 Å². The molecule has 102 valence electrons. The monoisotopic (exact) mass is 264 g/mol. The van der Waals surface area contributed by atoms with Gasteiger partial charge in [-0.2, -0.15) is 0 Å². The number of phenolic OH excluding ortho intramolecular Hbond substituents is 1. The first-order valence-corrected chi connectivity index (χ1v) is 6.05. The molecule has 19 heavy (non-hydrogen) atoms. The Labute approximate surface area is 110 Å². The van der Waals surface area contributed by atoms with E-state index in [9.17, 15) is 15.0 Å². The lowest BCUT2D eigenvalue weighted by atomic mass is 10.1. The molecule has 1 atom stereocenters. The number of ether oxygens (including phenoxy) is 1. The van der Waals surface area contributed by atoms with E-state index in [1.54, 1.807) is 26.0 Å². The van der Waals surface area contributed by atoms with Crippen LogP contribution in [0.5, 0.6) is 5.75 Å². The first kappa shape index (κ1) is 13.6. The maximum atomic E-state index is 11.3. The Kier molecular flexibility index (Phi) is 3.87. The lowest BCUT2D eigenvalue weighted by Gasteiger charge is -2.16. The molecule has 0 amide bonds. The molecule has 5 nitrogen and oxygen atoms in total. The van der Waals surface area contributed by atoms with Gasteiger partial charge in [-0.3, -0.25) is 0 Å². The number of fused-ring (bicyclic) bond motifs is 1. The Morgan fingerprint density at radius 3 is 2.63 bits per heavy atom. The quantitative estimate of drug-likeness (QED) is 0.650. The zero-order valence-electron chi connectivity index (χ0n) is 10.8. The van der Waals surface area contributed by atoms with Crippen LogP contribution in [-0.2, 0) is 11.2 Å². The molecule has 1 aromatic heterocycles. The molecule has 5 heteroatoms. The summed E-state index contributed by atoms with van der Waals surface area (Å²) in [6.07, 6.45) is -1.16. The van der Waals surface area contributed by atoms with Gasteiger partial charge in [-0.15, -0.1) is 0 Å². The number of hydrogen-bond acceptors (Lipinski definition) is 5. The molecular formula is C14H16O5. The van der Waals surface area contributed by atoms with Crippen LogP contribution in [0.15, 0.2) is 33.5 Å². The van der Waals surface area contributed by atoms with E-state index in [0.717, 1.165) is 0 Å². The molecule has 1 heterocycles. The lowest BCUT2D eigenvalue weighted by molar-refractivity contribution is -0.123. The number of benzene rings is 1. The molecule has 0 unspecified atom stereocenters. The Balaban J connectivity index is 2.43. The molecular weight excluding hydrogens is 248 g/mol. The zero-order valence-corrected chi connectivity index (χ0v) is 10.8. The van der Waals surface area contributed by atoms with Crippen LogP contribution in [0, 0.1) is 0 Å². The fraction of sp³-hybridized carbons (Fsp3) is 0.357. The van der Waals surface area contributed by atoms with Gasteiger partial charge in [-0.25, -0.2) is 4.79 Å². The molecule has 2 aromatic rings. The van der Waals surface area contributed by atoms with E-state index in [4.69, 9.17) is 9.15 Å². The highest BCUT2D eigenvalue weighted by Gasteiger charge is 2.15. The van der Waals surface area contributed by atoms with Gasteiger partial charge in [0.25, 0.3) is 0 Å². The molecule has 0 aliphatic carbocycles. The SMILES string of the molecule is CC(C)O[C@H](O)Cc1c(O)ccc2ccc(=O)oc12. The summed E-state index contributed by atoms with van der Waals surface area (Å²) in [5.41, 5.74) is 0.140. The normalized spacial score (nSPS) is 13.1. The third-order valence-corrected chi connectivity index (χ3v) is 2.68. The van der Waals surface area contributed by atoms with Gasteiger partial charge in [-0.05, 0) is 32.0 Å². The van der Waals surface area contributed by atoms with Crippen LogP contribution in [0.3, 0.4) is 0 Å². The van der Waals surface area contributed by atoms with Crippen LogP contribution in [-0.4, -0.2) is 22.6 Å². The summed E-state index contributed by atoms with van der Waals surface area (Å²) in [7, 11) is 0. The van der Waals surface area contributed by atoms with E-state index >= 15 is 0 Å². The smallest absolute Gasteiger partial charge is 0.336 e. The highest BCUT2D eigenvalue weighted by Crippen LogP contribution is 2.27. The van der Waals surface area contributed by atoms with E-state index in [-0.39, 0.29) is 23.9 Å². The molecule has 0 fully saturated rings. The minimum absolute atomic E-state index is 0.0340. The Bertz CT molecular complexity index is 629. The highest BCUT2D eigenvalue weighted by atomic mass is 16.6. The van der Waals surface area contributed by atoms with Crippen LogP contribution in [0.25, 0.3) is 11.0 Å². The molecule has 0 spiro atoms. The van der Waals surface area contributed by atoms with Crippen molar-refractivity contribution in [2.24, 2.45) is 0 Å². The molecule has 0 radical (unpaired) electrons. The standard InChI is InChI=1S/C14H16O5/c1-8(2)18-13(17)7-10-11(15)5-3-9-4-6-12(16)19-14(9)10/h3-6,8,13,15,17H,7H2,1-2H3/t13-/m0/s1. The molecule has 0 saturated carbocycles. The van der Waals surface area contributed by atoms with Gasteiger partial charge in [-0.1, -0.05) is 0 Å². The number of rotatable bonds is 4. The van der Waals surface area contributed by atoms with Crippen molar-refractivity contribution in [3.63, 3.8) is 0 Å². The molecule has 2 rings (SSSR count). The summed E-state index contributed by atoms with van der Waals surface area (Å²) in [6.45, 7) is 3.60. The van der Waals surface area contributed by atoms with Crippen LogP contribution < -0.4 is 5.63 Å². The van der Waals surface area contributed by atoms with Crippen molar-refractivity contribution in [1.82, 2.24) is 0 Å². The van der Waals surface area contributed by atoms with Crippen molar-refractivity contribution in [2.45, 2.75) is 32.7 Å². The second kappa shape index (κ2) is 5.42. The van der Waals surface area contributed by atoms with Crippen molar-refractivity contribution in [2.75, 3.05) is 0 Å². The summed E-state index contributed by atoms with van der Waals surface area (Å²) < 4.78 is 10.3. The summed E-state index contributed by atoms with van der Waals surface area (Å²) in [5, 5.41) is 20.3. The highest BCUT2D eigenvalue weighted by molar-refractivity contribution is 5.81. The zero-order chi connectivity index (χ0) is 14.0. The van der Waals surface area contributed by atoms with E-state index in [0.29, 0.717) is 10.9 Å². The molecule has 2 N–H and O–H groups in total. The second-order valence-electron chi connectivity index (χ2n) is 4.58. The van der Waals surface area contributed by atoms with Crippen molar-refractivity contribution < 1.29 is 19.4 Å². The summed E-state index contributed by atoms with van der Waals surface area (Å²) in [4.78, 5) is 11.3. The van der Waals surface area contributed by atoms with Gasteiger partial charge < -0.3 is 19.4 Å². The summed E-state index contributed by atoms with van der Waals surface area (Å²) in [5.74, 6) is -0.0340. The predicted octanol–water partition coefficient (Wildman–Crippen LogP) is 1.78. The van der Waals surface area contributed by atoms with Crippen molar-refractivity contribution in [1.29, 1.82) is 0 Å². The first-order chi connectivity index (χ1) is 8.97. The molecule has 0 saturated heterocycles. The van der Waals surface area contributed by atoms with Gasteiger partial charge in [0.2, 0.25) is 0 Å². The first-order valence-electron chi connectivity index (χ1n) is 6.05. The van der Waals surface area contributed by atoms with Gasteiger partial charge in [0.15, 0.2) is 6.29 Å². The maximum Gasteiger partial charge on any atom is 0.336 e. The van der Waals surface area contributed by atoms with E-state index in [2.05, 4.69) is 0 Å². The number of phenols is 1. The maximum absolute atomic E-state index is 11.3. The Morgan fingerprint density at radius 1 is 1.26 bits per heavy atom. The number of aliphatic hydroxyl groups is 1. The largest absolute Gasteiger partial charge is 0.508 e. The third-order valence-electron chi connectivity index (χ3n) is 2.68. The number of aromatic hydroxyl groups is 1.